The number of aryl methyl sites for hydroxylation is 1. The minimum Gasteiger partial charge on any atom is -0.494 e. The second-order valence-electron chi connectivity index (χ2n) is 8.04. The Morgan fingerprint density at radius 2 is 1.89 bits per heavy atom. The molecule has 0 N–H and O–H groups in total. The molecule has 1 unspecified atom stereocenters. The number of likely N-dealkylation sites (tertiary alicyclic amines) is 1. The molecule has 1 aromatic heterocycles. The zero-order valence-electron chi connectivity index (χ0n) is 16.6. The minimum atomic E-state index is 0.233. The average Bonchev–Trinajstić information content (AvgIpc) is 3.44. The van der Waals surface area contributed by atoms with Crippen LogP contribution in [0, 0.1) is 5.92 Å². The molecule has 0 amide bonds. The molecular formula is C22H31N3O2. The molecule has 2 aromatic rings. The lowest BCUT2D eigenvalue weighted by molar-refractivity contribution is 0.117. The number of ether oxygens (including phenoxy) is 1. The molecule has 5 heteroatoms. The molecular weight excluding hydrogens is 338 g/mol. The number of nitrogens with zero attached hydrogens (tertiary/aromatic N) is 3. The van der Waals surface area contributed by atoms with Crippen LogP contribution in [-0.4, -0.2) is 34.7 Å². The van der Waals surface area contributed by atoms with E-state index >= 15 is 0 Å². The maximum Gasteiger partial charge on any atom is 0.243 e. The molecule has 2 aliphatic rings. The van der Waals surface area contributed by atoms with Gasteiger partial charge in [0.25, 0.3) is 0 Å². The molecule has 1 atom stereocenters. The summed E-state index contributed by atoms with van der Waals surface area (Å²) < 4.78 is 11.0. The summed E-state index contributed by atoms with van der Waals surface area (Å²) in [6, 6.07) is 8.81. The lowest BCUT2D eigenvalue weighted by atomic mass is 9.90. The van der Waals surface area contributed by atoms with Crippen molar-refractivity contribution in [3.63, 3.8) is 0 Å². The lowest BCUT2D eigenvalue weighted by Crippen LogP contribution is -2.36. The van der Waals surface area contributed by atoms with Crippen LogP contribution in [0.2, 0.25) is 0 Å². The van der Waals surface area contributed by atoms with E-state index in [1.165, 1.54) is 37.7 Å². The maximum absolute atomic E-state index is 5.53. The minimum absolute atomic E-state index is 0.233. The van der Waals surface area contributed by atoms with Crippen molar-refractivity contribution in [2.24, 2.45) is 5.92 Å². The standard InChI is InChI=1S/C22H31N3O2/c1-3-26-20-10-6-17(7-11-20)4-5-18-12-14-25(15-13-18)16(2)22-23-21(24-27-22)19-8-9-19/h6-7,10-11,16,18-19H,3-5,8-9,12-15H2,1-2H3. The number of rotatable bonds is 8. The summed E-state index contributed by atoms with van der Waals surface area (Å²) >= 11 is 0. The summed E-state index contributed by atoms with van der Waals surface area (Å²) in [6.07, 6.45) is 7.36. The summed E-state index contributed by atoms with van der Waals surface area (Å²) in [5.41, 5.74) is 1.41. The third-order valence-corrected chi connectivity index (χ3v) is 6.03. The van der Waals surface area contributed by atoms with Crippen LogP contribution >= 0.6 is 0 Å². The van der Waals surface area contributed by atoms with Crippen LogP contribution < -0.4 is 4.74 Å². The van der Waals surface area contributed by atoms with Gasteiger partial charge in [0.2, 0.25) is 5.89 Å². The summed E-state index contributed by atoms with van der Waals surface area (Å²) in [4.78, 5) is 7.13. The quantitative estimate of drug-likeness (QED) is 0.672. The highest BCUT2D eigenvalue weighted by molar-refractivity contribution is 5.27. The van der Waals surface area contributed by atoms with Crippen molar-refractivity contribution >= 4 is 0 Å². The second kappa shape index (κ2) is 8.42. The molecule has 0 bridgehead atoms. The zero-order chi connectivity index (χ0) is 18.6. The first kappa shape index (κ1) is 18.5. The van der Waals surface area contributed by atoms with Gasteiger partial charge < -0.3 is 9.26 Å². The molecule has 1 aromatic carbocycles. The van der Waals surface area contributed by atoms with Crippen LogP contribution in [0.15, 0.2) is 28.8 Å². The van der Waals surface area contributed by atoms with E-state index < -0.39 is 0 Å². The van der Waals surface area contributed by atoms with Crippen LogP contribution in [0.5, 0.6) is 5.75 Å². The van der Waals surface area contributed by atoms with Gasteiger partial charge in [0.05, 0.1) is 12.6 Å². The van der Waals surface area contributed by atoms with Gasteiger partial charge in [-0.3, -0.25) is 4.90 Å². The first-order chi connectivity index (χ1) is 13.2. The van der Waals surface area contributed by atoms with Crippen LogP contribution in [0.1, 0.15) is 75.2 Å². The van der Waals surface area contributed by atoms with E-state index in [1.807, 2.05) is 6.92 Å². The lowest BCUT2D eigenvalue weighted by Gasteiger charge is -2.34. The van der Waals surface area contributed by atoms with Crippen LogP contribution in [-0.2, 0) is 6.42 Å². The van der Waals surface area contributed by atoms with Crippen molar-refractivity contribution < 1.29 is 9.26 Å². The maximum atomic E-state index is 5.53. The molecule has 1 aliphatic heterocycles. The third kappa shape index (κ3) is 4.70. The highest BCUT2D eigenvalue weighted by Crippen LogP contribution is 2.39. The predicted octanol–water partition coefficient (Wildman–Crippen LogP) is 4.75. The largest absolute Gasteiger partial charge is 0.494 e. The Morgan fingerprint density at radius 3 is 2.56 bits per heavy atom. The number of aromatic nitrogens is 2. The normalized spacial score (nSPS) is 19.9. The molecule has 4 rings (SSSR count). The van der Waals surface area contributed by atoms with Crippen molar-refractivity contribution in [1.82, 2.24) is 15.0 Å². The molecule has 1 saturated carbocycles. The highest BCUT2D eigenvalue weighted by Gasteiger charge is 2.31. The van der Waals surface area contributed by atoms with E-state index in [1.54, 1.807) is 0 Å². The molecule has 5 nitrogen and oxygen atoms in total. The fourth-order valence-corrected chi connectivity index (χ4v) is 4.00. The molecule has 2 fully saturated rings. The van der Waals surface area contributed by atoms with Gasteiger partial charge in [0, 0.05) is 5.92 Å². The van der Waals surface area contributed by atoms with Gasteiger partial charge in [-0.25, -0.2) is 0 Å². The molecule has 0 spiro atoms. The predicted molar refractivity (Wildman–Crippen MR) is 105 cm³/mol. The monoisotopic (exact) mass is 369 g/mol. The van der Waals surface area contributed by atoms with E-state index in [9.17, 15) is 0 Å². The Hall–Kier alpha value is -1.88. The van der Waals surface area contributed by atoms with Crippen molar-refractivity contribution in [2.45, 2.75) is 64.3 Å². The smallest absolute Gasteiger partial charge is 0.243 e. The molecule has 1 saturated heterocycles. The van der Waals surface area contributed by atoms with Gasteiger partial charge in [0.1, 0.15) is 5.75 Å². The van der Waals surface area contributed by atoms with E-state index in [2.05, 4.69) is 46.2 Å². The SMILES string of the molecule is CCOc1ccc(CCC2CCN(C(C)c3nc(C4CC4)no3)CC2)cc1. The number of hydrogen-bond donors (Lipinski definition) is 0. The van der Waals surface area contributed by atoms with Gasteiger partial charge in [-0.15, -0.1) is 0 Å². The average molecular weight is 370 g/mol. The summed E-state index contributed by atoms with van der Waals surface area (Å²) in [5.74, 6) is 4.05. The van der Waals surface area contributed by atoms with Gasteiger partial charge >= 0.3 is 0 Å². The second-order valence-corrected chi connectivity index (χ2v) is 8.04. The Balaban J connectivity index is 1.22. The number of piperidine rings is 1. The molecule has 146 valence electrons. The van der Waals surface area contributed by atoms with E-state index in [0.29, 0.717) is 5.92 Å². The van der Waals surface area contributed by atoms with E-state index in [-0.39, 0.29) is 6.04 Å². The van der Waals surface area contributed by atoms with Gasteiger partial charge in [0.15, 0.2) is 5.82 Å². The highest BCUT2D eigenvalue weighted by atomic mass is 16.5. The fraction of sp³-hybridized carbons (Fsp3) is 0.636. The molecule has 1 aliphatic carbocycles. The van der Waals surface area contributed by atoms with E-state index in [4.69, 9.17) is 9.26 Å². The van der Waals surface area contributed by atoms with Gasteiger partial charge in [-0.1, -0.05) is 17.3 Å². The third-order valence-electron chi connectivity index (χ3n) is 6.03. The van der Waals surface area contributed by atoms with Crippen LogP contribution in [0.3, 0.4) is 0 Å². The Kier molecular flexibility index (Phi) is 5.77. The summed E-state index contributed by atoms with van der Waals surface area (Å²) in [6.45, 7) is 7.18. The number of hydrogen-bond acceptors (Lipinski definition) is 5. The Labute approximate surface area is 162 Å². The van der Waals surface area contributed by atoms with E-state index in [0.717, 1.165) is 49.5 Å². The Morgan fingerprint density at radius 1 is 1.15 bits per heavy atom. The van der Waals surface area contributed by atoms with Gasteiger partial charge in [-0.05, 0) is 89.1 Å². The number of benzene rings is 1. The molecule has 0 radical (unpaired) electrons. The van der Waals surface area contributed by atoms with Gasteiger partial charge in [-0.2, -0.15) is 4.98 Å². The van der Waals surface area contributed by atoms with Crippen molar-refractivity contribution in [1.29, 1.82) is 0 Å². The first-order valence-corrected chi connectivity index (χ1v) is 10.5. The van der Waals surface area contributed by atoms with Crippen molar-refractivity contribution in [2.75, 3.05) is 19.7 Å². The fourth-order valence-electron chi connectivity index (χ4n) is 4.00. The van der Waals surface area contributed by atoms with Crippen LogP contribution in [0.4, 0.5) is 0 Å². The first-order valence-electron chi connectivity index (χ1n) is 10.5. The zero-order valence-corrected chi connectivity index (χ0v) is 16.6. The van der Waals surface area contributed by atoms with Crippen molar-refractivity contribution in [3.05, 3.63) is 41.5 Å². The van der Waals surface area contributed by atoms with Crippen LogP contribution in [0.25, 0.3) is 0 Å². The molecule has 27 heavy (non-hydrogen) atoms. The summed E-state index contributed by atoms with van der Waals surface area (Å²) in [7, 11) is 0. The summed E-state index contributed by atoms with van der Waals surface area (Å²) in [5, 5.41) is 4.17. The van der Waals surface area contributed by atoms with Crippen molar-refractivity contribution in [3.8, 4) is 5.75 Å². The Bertz CT molecular complexity index is 715. The topological polar surface area (TPSA) is 51.4 Å². The molecule has 2 heterocycles.